The van der Waals surface area contributed by atoms with Crippen LogP contribution in [0, 0.1) is 6.92 Å². The monoisotopic (exact) mass is 405 g/mol. The number of ketones is 1. The van der Waals surface area contributed by atoms with Gasteiger partial charge in [-0.15, -0.1) is 11.3 Å². The summed E-state index contributed by atoms with van der Waals surface area (Å²) in [5, 5.41) is 13.2. The van der Waals surface area contributed by atoms with Gasteiger partial charge < -0.3 is 14.7 Å². The first-order valence-electron chi connectivity index (χ1n) is 8.53. The number of carbonyl (C=O) groups excluding carboxylic acids is 2. The van der Waals surface area contributed by atoms with Crippen molar-refractivity contribution in [3.05, 3.63) is 62.3 Å². The second-order valence-corrected chi connectivity index (χ2v) is 7.70. The molecule has 0 radical (unpaired) electrons. The van der Waals surface area contributed by atoms with E-state index in [1.165, 1.54) is 16.2 Å². The molecule has 7 heteroatoms. The summed E-state index contributed by atoms with van der Waals surface area (Å²) in [4.78, 5) is 27.9. The van der Waals surface area contributed by atoms with Gasteiger partial charge in [0.05, 0.1) is 11.6 Å². The summed E-state index contributed by atoms with van der Waals surface area (Å²) in [6, 6.07) is 7.95. The number of Topliss-reactive ketones (excluding diaryl/α,β-unsaturated/α-hetero) is 1. The highest BCUT2D eigenvalue weighted by Gasteiger charge is 2.46. The maximum atomic E-state index is 12.8. The molecular formula is C20H20ClNO4S. The number of methoxy groups -OCH3 is 1. The van der Waals surface area contributed by atoms with E-state index in [4.69, 9.17) is 16.3 Å². The molecule has 1 atom stereocenters. The Morgan fingerprint density at radius 1 is 1.33 bits per heavy atom. The minimum absolute atomic E-state index is 0.102. The lowest BCUT2D eigenvalue weighted by Gasteiger charge is -2.24. The van der Waals surface area contributed by atoms with Crippen molar-refractivity contribution in [2.75, 3.05) is 20.3 Å². The molecule has 0 bridgehead atoms. The number of thiophene rings is 1. The second kappa shape index (κ2) is 8.25. The lowest BCUT2D eigenvalue weighted by molar-refractivity contribution is -0.140. The maximum absolute atomic E-state index is 12.8. The van der Waals surface area contributed by atoms with Crippen molar-refractivity contribution in [3.63, 3.8) is 0 Å². The van der Waals surface area contributed by atoms with Crippen molar-refractivity contribution >= 4 is 40.4 Å². The molecule has 1 N–H and O–H groups in total. The van der Waals surface area contributed by atoms with E-state index in [2.05, 4.69) is 0 Å². The van der Waals surface area contributed by atoms with Crippen LogP contribution in [0.1, 0.15) is 28.5 Å². The van der Waals surface area contributed by atoms with E-state index in [1.54, 1.807) is 31.4 Å². The fraction of sp³-hybridized carbons (Fsp3) is 0.300. The molecule has 1 saturated heterocycles. The smallest absolute Gasteiger partial charge is 0.295 e. The summed E-state index contributed by atoms with van der Waals surface area (Å²) in [5.74, 6) is -1.49. The Bertz CT molecular complexity index is 905. The maximum Gasteiger partial charge on any atom is 0.295 e. The van der Waals surface area contributed by atoms with E-state index >= 15 is 0 Å². The van der Waals surface area contributed by atoms with Gasteiger partial charge in [0, 0.05) is 35.7 Å². The highest BCUT2D eigenvalue weighted by molar-refractivity contribution is 7.10. The molecule has 1 fully saturated rings. The van der Waals surface area contributed by atoms with Gasteiger partial charge in [0.1, 0.15) is 5.76 Å². The number of rotatable bonds is 6. The minimum Gasteiger partial charge on any atom is -0.507 e. The first kappa shape index (κ1) is 19.6. The predicted molar refractivity (Wildman–Crippen MR) is 106 cm³/mol. The molecule has 1 aliphatic heterocycles. The van der Waals surface area contributed by atoms with E-state index in [-0.39, 0.29) is 11.3 Å². The molecule has 27 heavy (non-hydrogen) atoms. The van der Waals surface area contributed by atoms with E-state index in [0.717, 1.165) is 10.4 Å². The summed E-state index contributed by atoms with van der Waals surface area (Å²) in [7, 11) is 1.59. The molecule has 1 aromatic carbocycles. The Kier molecular flexibility index (Phi) is 5.99. The average molecular weight is 406 g/mol. The third-order valence-corrected chi connectivity index (χ3v) is 5.84. The van der Waals surface area contributed by atoms with Crippen molar-refractivity contribution < 1.29 is 19.4 Å². The summed E-state index contributed by atoms with van der Waals surface area (Å²) < 4.78 is 5.07. The van der Waals surface area contributed by atoms with Gasteiger partial charge in [-0.1, -0.05) is 23.7 Å². The Morgan fingerprint density at radius 2 is 2.11 bits per heavy atom. The number of carbonyl (C=O) groups is 2. The van der Waals surface area contributed by atoms with Gasteiger partial charge >= 0.3 is 0 Å². The highest BCUT2D eigenvalue weighted by Crippen LogP contribution is 2.42. The molecule has 5 nitrogen and oxygen atoms in total. The number of likely N-dealkylation sites (tertiary alicyclic amines) is 1. The van der Waals surface area contributed by atoms with Gasteiger partial charge in [-0.25, -0.2) is 0 Å². The van der Waals surface area contributed by atoms with E-state index in [9.17, 15) is 14.7 Å². The van der Waals surface area contributed by atoms with Crippen LogP contribution in [0.2, 0.25) is 5.02 Å². The summed E-state index contributed by atoms with van der Waals surface area (Å²) >= 11 is 7.49. The Hall–Kier alpha value is -2.15. The highest BCUT2D eigenvalue weighted by atomic mass is 35.5. The van der Waals surface area contributed by atoms with Gasteiger partial charge in [-0.3, -0.25) is 9.59 Å². The number of halogens is 1. The topological polar surface area (TPSA) is 66.8 Å². The standard InChI is InChI=1S/C20H20ClNO4S/c1-12-7-10-27-19(12)16-15(17(23)13-5-3-6-14(21)11-13)18(24)20(25)22(16)8-4-9-26-2/h3,5-7,10-11,16,23H,4,8-9H2,1-2H3/b17-15-. The molecule has 1 aromatic heterocycles. The normalized spacial score (nSPS) is 19.1. The molecule has 3 rings (SSSR count). The number of aryl methyl sites for hydroxylation is 1. The second-order valence-electron chi connectivity index (χ2n) is 6.32. The molecule has 0 spiro atoms. The first-order valence-corrected chi connectivity index (χ1v) is 9.78. The Balaban J connectivity index is 2.12. The molecule has 1 amide bonds. The number of hydrogen-bond acceptors (Lipinski definition) is 5. The number of nitrogens with zero attached hydrogens (tertiary/aromatic N) is 1. The third kappa shape index (κ3) is 3.78. The van der Waals surface area contributed by atoms with E-state index in [1.807, 2.05) is 18.4 Å². The average Bonchev–Trinajstić information content (AvgIpc) is 3.17. The van der Waals surface area contributed by atoms with Crippen molar-refractivity contribution in [3.8, 4) is 0 Å². The zero-order chi connectivity index (χ0) is 19.6. The lowest BCUT2D eigenvalue weighted by Crippen LogP contribution is -2.31. The van der Waals surface area contributed by atoms with Crippen LogP contribution >= 0.6 is 22.9 Å². The number of aliphatic hydroxyl groups excluding tert-OH is 1. The van der Waals surface area contributed by atoms with Gasteiger partial charge in [0.15, 0.2) is 0 Å². The number of benzene rings is 1. The van der Waals surface area contributed by atoms with Gasteiger partial charge in [0.25, 0.3) is 11.7 Å². The molecule has 2 heterocycles. The van der Waals surface area contributed by atoms with Crippen LogP contribution in [0.3, 0.4) is 0 Å². The van der Waals surface area contributed by atoms with Crippen LogP contribution in [-0.4, -0.2) is 42.0 Å². The fourth-order valence-corrected chi connectivity index (χ4v) is 4.46. The minimum atomic E-state index is -0.678. The molecule has 1 unspecified atom stereocenters. The zero-order valence-electron chi connectivity index (χ0n) is 15.1. The van der Waals surface area contributed by atoms with Crippen LogP contribution in [0.25, 0.3) is 5.76 Å². The number of hydrogen-bond donors (Lipinski definition) is 1. The summed E-state index contributed by atoms with van der Waals surface area (Å²) in [6.45, 7) is 2.78. The zero-order valence-corrected chi connectivity index (χ0v) is 16.6. The largest absolute Gasteiger partial charge is 0.507 e. The van der Waals surface area contributed by atoms with E-state index < -0.39 is 17.7 Å². The van der Waals surface area contributed by atoms with Crippen LogP contribution in [0.15, 0.2) is 41.3 Å². The third-order valence-electron chi connectivity index (χ3n) is 4.54. The van der Waals surface area contributed by atoms with Crippen LogP contribution in [-0.2, 0) is 14.3 Å². The first-order chi connectivity index (χ1) is 13.0. The molecule has 2 aromatic rings. The predicted octanol–water partition coefficient (Wildman–Crippen LogP) is 4.17. The number of ether oxygens (including phenoxy) is 1. The SMILES string of the molecule is COCCCN1C(=O)C(=O)/C(=C(\O)c2cccc(Cl)c2)C1c1sccc1C. The van der Waals surface area contributed by atoms with Crippen molar-refractivity contribution in [1.29, 1.82) is 0 Å². The van der Waals surface area contributed by atoms with Crippen molar-refractivity contribution in [2.45, 2.75) is 19.4 Å². The fourth-order valence-electron chi connectivity index (χ4n) is 3.22. The van der Waals surface area contributed by atoms with Gasteiger partial charge in [-0.2, -0.15) is 0 Å². The lowest BCUT2D eigenvalue weighted by atomic mass is 9.98. The molecule has 1 aliphatic rings. The quantitative estimate of drug-likeness (QED) is 0.339. The van der Waals surface area contributed by atoms with Crippen molar-refractivity contribution in [1.82, 2.24) is 4.90 Å². The number of amides is 1. The van der Waals surface area contributed by atoms with Crippen LogP contribution in [0.4, 0.5) is 0 Å². The van der Waals surface area contributed by atoms with Crippen LogP contribution < -0.4 is 0 Å². The molecule has 0 aliphatic carbocycles. The van der Waals surface area contributed by atoms with E-state index in [0.29, 0.717) is 30.2 Å². The molecular weight excluding hydrogens is 386 g/mol. The Labute approximate surface area is 166 Å². The molecule has 142 valence electrons. The van der Waals surface area contributed by atoms with Crippen molar-refractivity contribution in [2.24, 2.45) is 0 Å². The van der Waals surface area contributed by atoms with Crippen LogP contribution in [0.5, 0.6) is 0 Å². The number of aliphatic hydroxyl groups is 1. The Morgan fingerprint density at radius 3 is 2.74 bits per heavy atom. The summed E-state index contributed by atoms with van der Waals surface area (Å²) in [6.07, 6.45) is 0.599. The van der Waals surface area contributed by atoms with Gasteiger partial charge in [0.2, 0.25) is 0 Å². The van der Waals surface area contributed by atoms with Gasteiger partial charge in [-0.05, 0) is 42.5 Å². The summed E-state index contributed by atoms with van der Waals surface area (Å²) in [5.41, 5.74) is 1.49. The molecule has 0 saturated carbocycles.